The molecule has 0 aliphatic carbocycles. The van der Waals surface area contributed by atoms with E-state index in [0.717, 1.165) is 41.1 Å². The Bertz CT molecular complexity index is 1050. The van der Waals surface area contributed by atoms with Gasteiger partial charge in [-0.1, -0.05) is 12.1 Å². The average Bonchev–Trinajstić information content (AvgIpc) is 2.94. The van der Waals surface area contributed by atoms with E-state index < -0.39 is 0 Å². The SMILES string of the molecule is COc1cccc(-c2nc(I)c3sc4nccnc4c3n2)c1C. The highest BCUT2D eigenvalue weighted by Gasteiger charge is 2.16. The molecule has 3 heterocycles. The Kier molecular flexibility index (Phi) is 3.61. The number of aromatic nitrogens is 4. The van der Waals surface area contributed by atoms with E-state index in [9.17, 15) is 0 Å². The number of benzene rings is 1. The van der Waals surface area contributed by atoms with Crippen LogP contribution in [0.4, 0.5) is 0 Å². The largest absolute Gasteiger partial charge is 0.496 e. The fraction of sp³-hybridized carbons (Fsp3) is 0.125. The average molecular weight is 434 g/mol. The molecule has 4 aromatic rings. The maximum Gasteiger partial charge on any atom is 0.161 e. The van der Waals surface area contributed by atoms with Gasteiger partial charge in [-0.2, -0.15) is 0 Å². The molecule has 3 aromatic heterocycles. The third-order valence-corrected chi connectivity index (χ3v) is 5.89. The highest BCUT2D eigenvalue weighted by atomic mass is 127. The van der Waals surface area contributed by atoms with Crippen molar-refractivity contribution < 1.29 is 4.74 Å². The van der Waals surface area contributed by atoms with Crippen LogP contribution in [0.15, 0.2) is 30.6 Å². The van der Waals surface area contributed by atoms with Gasteiger partial charge in [-0.25, -0.2) is 19.9 Å². The molecule has 0 radical (unpaired) electrons. The predicted octanol–water partition coefficient (Wildman–Crippen LogP) is 4.22. The number of nitrogens with zero attached hydrogens (tertiary/aromatic N) is 4. The third kappa shape index (κ3) is 2.34. The van der Waals surface area contributed by atoms with Crippen molar-refractivity contribution in [2.75, 3.05) is 7.11 Å². The smallest absolute Gasteiger partial charge is 0.161 e. The standard InChI is InChI=1S/C16H11IN4OS/c1-8-9(4-3-5-10(8)22-2)15-20-11-12-16(19-7-6-18-12)23-13(11)14(17)21-15/h3-7H,1-2H3. The Labute approximate surface area is 149 Å². The molecular weight excluding hydrogens is 423 g/mol. The van der Waals surface area contributed by atoms with Crippen molar-refractivity contribution in [3.8, 4) is 17.1 Å². The van der Waals surface area contributed by atoms with Gasteiger partial charge >= 0.3 is 0 Å². The first-order valence-corrected chi connectivity index (χ1v) is 8.79. The molecule has 0 atom stereocenters. The molecule has 5 nitrogen and oxygen atoms in total. The molecule has 23 heavy (non-hydrogen) atoms. The Hall–Kier alpha value is -1.87. The lowest BCUT2D eigenvalue weighted by molar-refractivity contribution is 0.412. The van der Waals surface area contributed by atoms with Gasteiger partial charge in [-0.15, -0.1) is 11.3 Å². The number of fused-ring (bicyclic) bond motifs is 3. The van der Waals surface area contributed by atoms with Crippen LogP contribution >= 0.6 is 33.9 Å². The zero-order chi connectivity index (χ0) is 16.0. The second-order valence-corrected chi connectivity index (χ2v) is 6.98. The van der Waals surface area contributed by atoms with Crippen molar-refractivity contribution in [2.24, 2.45) is 0 Å². The van der Waals surface area contributed by atoms with Crippen LogP contribution in [0.3, 0.4) is 0 Å². The van der Waals surface area contributed by atoms with E-state index in [4.69, 9.17) is 9.72 Å². The van der Waals surface area contributed by atoms with Crippen LogP contribution in [-0.2, 0) is 0 Å². The lowest BCUT2D eigenvalue weighted by Crippen LogP contribution is -1.96. The van der Waals surface area contributed by atoms with Crippen molar-refractivity contribution >= 4 is 54.5 Å². The van der Waals surface area contributed by atoms with Crippen molar-refractivity contribution in [1.29, 1.82) is 0 Å². The van der Waals surface area contributed by atoms with Crippen LogP contribution in [0.25, 0.3) is 32.0 Å². The zero-order valence-electron chi connectivity index (χ0n) is 12.4. The maximum atomic E-state index is 5.40. The van der Waals surface area contributed by atoms with Gasteiger partial charge in [0, 0.05) is 23.5 Å². The van der Waals surface area contributed by atoms with Gasteiger partial charge in [0.25, 0.3) is 0 Å². The normalized spacial score (nSPS) is 11.3. The van der Waals surface area contributed by atoms with Gasteiger partial charge in [-0.05, 0) is 35.6 Å². The van der Waals surface area contributed by atoms with Gasteiger partial charge in [0.05, 0.1) is 11.8 Å². The summed E-state index contributed by atoms with van der Waals surface area (Å²) < 4.78 is 7.34. The number of hydrogen-bond acceptors (Lipinski definition) is 6. The Morgan fingerprint density at radius 2 is 1.91 bits per heavy atom. The quantitative estimate of drug-likeness (QED) is 0.349. The monoisotopic (exact) mass is 434 g/mol. The van der Waals surface area contributed by atoms with Crippen LogP contribution in [0.2, 0.25) is 0 Å². The number of methoxy groups -OCH3 is 1. The lowest BCUT2D eigenvalue weighted by atomic mass is 10.1. The second-order valence-electron chi connectivity index (χ2n) is 4.96. The summed E-state index contributed by atoms with van der Waals surface area (Å²) in [6.07, 6.45) is 3.39. The first-order chi connectivity index (χ1) is 11.2. The topological polar surface area (TPSA) is 60.8 Å². The molecule has 0 fully saturated rings. The summed E-state index contributed by atoms with van der Waals surface area (Å²) >= 11 is 3.82. The van der Waals surface area contributed by atoms with Crippen LogP contribution in [0, 0.1) is 10.6 Å². The van der Waals surface area contributed by atoms with E-state index in [-0.39, 0.29) is 0 Å². The molecule has 0 saturated carbocycles. The molecule has 0 aliphatic rings. The number of halogens is 1. The fourth-order valence-corrected chi connectivity index (χ4v) is 4.27. The van der Waals surface area contributed by atoms with Crippen molar-refractivity contribution in [2.45, 2.75) is 6.92 Å². The molecular formula is C16H11IN4OS. The van der Waals surface area contributed by atoms with Crippen LogP contribution in [-0.4, -0.2) is 27.0 Å². The number of thiophene rings is 1. The van der Waals surface area contributed by atoms with Crippen LogP contribution < -0.4 is 4.74 Å². The molecule has 0 N–H and O–H groups in total. The highest BCUT2D eigenvalue weighted by Crippen LogP contribution is 2.35. The summed E-state index contributed by atoms with van der Waals surface area (Å²) in [4.78, 5) is 19.1. The Morgan fingerprint density at radius 3 is 2.74 bits per heavy atom. The minimum Gasteiger partial charge on any atom is -0.496 e. The van der Waals surface area contributed by atoms with Gasteiger partial charge < -0.3 is 4.74 Å². The molecule has 1 aromatic carbocycles. The molecule has 0 bridgehead atoms. The molecule has 0 amide bonds. The van der Waals surface area contributed by atoms with Gasteiger partial charge in [0.15, 0.2) is 5.82 Å². The predicted molar refractivity (Wildman–Crippen MR) is 100.0 cm³/mol. The van der Waals surface area contributed by atoms with E-state index in [0.29, 0.717) is 5.82 Å². The minimum atomic E-state index is 0.684. The van der Waals surface area contributed by atoms with Crippen LogP contribution in [0.5, 0.6) is 5.75 Å². The molecule has 114 valence electrons. The van der Waals surface area contributed by atoms with E-state index in [2.05, 4.69) is 37.5 Å². The summed E-state index contributed by atoms with van der Waals surface area (Å²) in [5.41, 5.74) is 3.67. The molecule has 0 spiro atoms. The van der Waals surface area contributed by atoms with E-state index in [1.807, 2.05) is 25.1 Å². The summed E-state index contributed by atoms with van der Waals surface area (Å²) in [5.74, 6) is 1.51. The number of rotatable bonds is 2. The minimum absolute atomic E-state index is 0.684. The Morgan fingerprint density at radius 1 is 1.09 bits per heavy atom. The summed E-state index contributed by atoms with van der Waals surface area (Å²) in [6, 6.07) is 5.90. The highest BCUT2D eigenvalue weighted by molar-refractivity contribution is 14.1. The molecule has 0 aliphatic heterocycles. The Balaban J connectivity index is 2.04. The van der Waals surface area contributed by atoms with E-state index in [1.165, 1.54) is 0 Å². The second kappa shape index (κ2) is 5.64. The zero-order valence-corrected chi connectivity index (χ0v) is 15.3. The molecule has 0 saturated heterocycles. The number of hydrogen-bond donors (Lipinski definition) is 0. The summed E-state index contributed by atoms with van der Waals surface area (Å²) in [5, 5.41) is 0. The lowest BCUT2D eigenvalue weighted by Gasteiger charge is -2.09. The summed E-state index contributed by atoms with van der Waals surface area (Å²) in [7, 11) is 1.67. The maximum absolute atomic E-state index is 5.40. The molecule has 4 rings (SSSR count). The van der Waals surface area contributed by atoms with Crippen LogP contribution in [0.1, 0.15) is 5.56 Å². The van der Waals surface area contributed by atoms with Gasteiger partial charge in [0.1, 0.15) is 25.3 Å². The van der Waals surface area contributed by atoms with Crippen molar-refractivity contribution in [3.63, 3.8) is 0 Å². The number of ether oxygens (including phenoxy) is 1. The van der Waals surface area contributed by atoms with Crippen molar-refractivity contribution in [3.05, 3.63) is 39.9 Å². The van der Waals surface area contributed by atoms with E-state index in [1.54, 1.807) is 30.8 Å². The summed E-state index contributed by atoms with van der Waals surface area (Å²) in [6.45, 7) is 2.01. The van der Waals surface area contributed by atoms with Gasteiger partial charge in [0.2, 0.25) is 0 Å². The molecule has 7 heteroatoms. The molecule has 0 unspecified atom stereocenters. The fourth-order valence-electron chi connectivity index (χ4n) is 2.53. The van der Waals surface area contributed by atoms with Crippen molar-refractivity contribution in [1.82, 2.24) is 19.9 Å². The third-order valence-electron chi connectivity index (χ3n) is 3.66. The first kappa shape index (κ1) is 14.7. The first-order valence-electron chi connectivity index (χ1n) is 6.89. The van der Waals surface area contributed by atoms with Gasteiger partial charge in [-0.3, -0.25) is 0 Å². The van der Waals surface area contributed by atoms with E-state index >= 15 is 0 Å².